The number of barbiturate groups is 1. The predicted octanol–water partition coefficient (Wildman–Crippen LogP) is 5.13. The molecular formula is C25H25BrN2O4. The van der Waals surface area contributed by atoms with Crippen molar-refractivity contribution in [1.29, 1.82) is 0 Å². The third-order valence-electron chi connectivity index (χ3n) is 5.82. The van der Waals surface area contributed by atoms with E-state index in [9.17, 15) is 14.4 Å². The number of ether oxygens (including phenoxy) is 1. The summed E-state index contributed by atoms with van der Waals surface area (Å²) in [6.45, 7) is 2.47. The highest BCUT2D eigenvalue weighted by Crippen LogP contribution is 2.29. The number of hydrogen-bond donors (Lipinski definition) is 1. The fourth-order valence-electron chi connectivity index (χ4n) is 4.20. The summed E-state index contributed by atoms with van der Waals surface area (Å²) in [5.41, 5.74) is 2.87. The molecule has 7 heteroatoms. The van der Waals surface area contributed by atoms with E-state index in [0.717, 1.165) is 37.7 Å². The Balaban J connectivity index is 1.51. The van der Waals surface area contributed by atoms with Crippen LogP contribution in [0.4, 0.5) is 4.79 Å². The van der Waals surface area contributed by atoms with Crippen molar-refractivity contribution in [3.8, 4) is 5.75 Å². The van der Waals surface area contributed by atoms with Gasteiger partial charge in [-0.2, -0.15) is 0 Å². The molecule has 4 rings (SSSR count). The van der Waals surface area contributed by atoms with Crippen molar-refractivity contribution >= 4 is 39.9 Å². The highest BCUT2D eigenvalue weighted by Gasteiger charge is 2.40. The number of halogens is 1. The molecule has 6 nitrogen and oxygen atoms in total. The van der Waals surface area contributed by atoms with E-state index in [1.54, 1.807) is 18.2 Å². The topological polar surface area (TPSA) is 75.7 Å². The summed E-state index contributed by atoms with van der Waals surface area (Å²) in [4.78, 5) is 39.0. The first-order valence-corrected chi connectivity index (χ1v) is 11.6. The molecule has 0 aromatic heterocycles. The summed E-state index contributed by atoms with van der Waals surface area (Å²) < 4.78 is 6.62. The van der Waals surface area contributed by atoms with Crippen molar-refractivity contribution in [3.63, 3.8) is 0 Å². The maximum absolute atomic E-state index is 13.0. The van der Waals surface area contributed by atoms with Gasteiger partial charge in [-0.25, -0.2) is 4.79 Å². The van der Waals surface area contributed by atoms with Gasteiger partial charge >= 0.3 is 6.03 Å². The quantitative estimate of drug-likeness (QED) is 0.459. The molecule has 1 saturated carbocycles. The number of nitrogens with zero attached hydrogens (tertiary/aromatic N) is 1. The Hall–Kier alpha value is -2.93. The van der Waals surface area contributed by atoms with Gasteiger partial charge in [0.25, 0.3) is 11.8 Å². The van der Waals surface area contributed by atoms with Gasteiger partial charge in [-0.15, -0.1) is 0 Å². The van der Waals surface area contributed by atoms with Crippen LogP contribution in [0.15, 0.2) is 52.5 Å². The van der Waals surface area contributed by atoms with Crippen LogP contribution in [0, 0.1) is 6.92 Å². The normalized spacial score (nSPS) is 18.8. The van der Waals surface area contributed by atoms with Crippen molar-refractivity contribution in [2.24, 2.45) is 0 Å². The molecule has 4 amide bonds. The molecule has 2 aliphatic rings. The number of rotatable bonds is 5. The van der Waals surface area contributed by atoms with Crippen molar-refractivity contribution in [1.82, 2.24) is 10.2 Å². The third-order valence-corrected chi connectivity index (χ3v) is 6.44. The van der Waals surface area contributed by atoms with Crippen LogP contribution in [0.2, 0.25) is 0 Å². The minimum Gasteiger partial charge on any atom is -0.488 e. The number of urea groups is 1. The van der Waals surface area contributed by atoms with Crippen LogP contribution < -0.4 is 10.1 Å². The maximum Gasteiger partial charge on any atom is 0.331 e. The van der Waals surface area contributed by atoms with Crippen molar-refractivity contribution in [3.05, 3.63) is 69.2 Å². The SMILES string of the molecule is Cc1cccc(COc2ccc(C=C3C(=O)NC(=O)N(C4CCCCC4)C3=O)cc2Br)c1. The summed E-state index contributed by atoms with van der Waals surface area (Å²) in [6, 6.07) is 12.7. The number of aryl methyl sites for hydroxylation is 1. The fourth-order valence-corrected chi connectivity index (χ4v) is 4.71. The minimum absolute atomic E-state index is 0.0319. The van der Waals surface area contributed by atoms with Gasteiger partial charge in [0.2, 0.25) is 0 Å². The predicted molar refractivity (Wildman–Crippen MR) is 125 cm³/mol. The van der Waals surface area contributed by atoms with E-state index in [1.165, 1.54) is 16.5 Å². The van der Waals surface area contributed by atoms with Crippen LogP contribution >= 0.6 is 15.9 Å². The lowest BCUT2D eigenvalue weighted by Gasteiger charge is -2.35. The first kappa shape index (κ1) is 22.3. The highest BCUT2D eigenvalue weighted by atomic mass is 79.9. The lowest BCUT2D eigenvalue weighted by molar-refractivity contribution is -0.132. The summed E-state index contributed by atoms with van der Waals surface area (Å²) in [5.74, 6) is -0.531. The average Bonchev–Trinajstić information content (AvgIpc) is 2.77. The van der Waals surface area contributed by atoms with Gasteiger partial charge in [-0.1, -0.05) is 55.2 Å². The van der Waals surface area contributed by atoms with E-state index >= 15 is 0 Å². The van der Waals surface area contributed by atoms with E-state index in [1.807, 2.05) is 25.1 Å². The Bertz CT molecular complexity index is 1090. The molecule has 32 heavy (non-hydrogen) atoms. The summed E-state index contributed by atoms with van der Waals surface area (Å²) in [5, 5.41) is 2.32. The molecule has 1 saturated heterocycles. The van der Waals surface area contributed by atoms with E-state index in [4.69, 9.17) is 4.74 Å². The monoisotopic (exact) mass is 496 g/mol. The molecule has 0 spiro atoms. The molecule has 2 aromatic carbocycles. The number of amides is 4. The number of imide groups is 2. The molecule has 0 bridgehead atoms. The minimum atomic E-state index is -0.664. The Labute approximate surface area is 195 Å². The molecule has 0 unspecified atom stereocenters. The zero-order chi connectivity index (χ0) is 22.7. The Kier molecular flexibility index (Phi) is 6.74. The van der Waals surface area contributed by atoms with Gasteiger partial charge in [0.1, 0.15) is 17.9 Å². The van der Waals surface area contributed by atoms with Crippen molar-refractivity contribution < 1.29 is 19.1 Å². The second kappa shape index (κ2) is 9.69. The number of hydrogen-bond acceptors (Lipinski definition) is 4. The van der Waals surface area contributed by atoms with E-state index in [0.29, 0.717) is 22.4 Å². The second-order valence-electron chi connectivity index (χ2n) is 8.25. The van der Waals surface area contributed by atoms with Crippen molar-refractivity contribution in [2.45, 2.75) is 51.7 Å². The number of benzene rings is 2. The van der Waals surface area contributed by atoms with Crippen LogP contribution in [0.25, 0.3) is 6.08 Å². The first-order valence-electron chi connectivity index (χ1n) is 10.8. The largest absolute Gasteiger partial charge is 0.488 e. The fraction of sp³-hybridized carbons (Fsp3) is 0.320. The molecule has 0 radical (unpaired) electrons. The summed E-state index contributed by atoms with van der Waals surface area (Å²) >= 11 is 3.51. The standard InChI is InChI=1S/C25H25BrN2O4/c1-16-6-5-7-18(12-16)15-32-22-11-10-17(14-21(22)26)13-20-23(29)27-25(31)28(24(20)30)19-8-3-2-4-9-19/h5-7,10-14,19H,2-4,8-9,15H2,1H3,(H,27,29,31). The maximum atomic E-state index is 13.0. The van der Waals surface area contributed by atoms with Crippen LogP contribution in [0.3, 0.4) is 0 Å². The molecular weight excluding hydrogens is 472 g/mol. The number of carbonyl (C=O) groups is 3. The zero-order valence-electron chi connectivity index (χ0n) is 17.9. The molecule has 1 N–H and O–H groups in total. The third kappa shape index (κ3) is 4.93. The molecule has 0 atom stereocenters. The average molecular weight is 497 g/mol. The smallest absolute Gasteiger partial charge is 0.331 e. The van der Waals surface area contributed by atoms with E-state index in [2.05, 4.69) is 27.3 Å². The van der Waals surface area contributed by atoms with Gasteiger partial charge in [0.05, 0.1) is 4.47 Å². The lowest BCUT2D eigenvalue weighted by Crippen LogP contribution is -2.58. The molecule has 1 heterocycles. The Morgan fingerprint density at radius 1 is 1.09 bits per heavy atom. The van der Waals surface area contributed by atoms with Gasteiger partial charge in [0.15, 0.2) is 0 Å². The molecule has 2 aromatic rings. The second-order valence-corrected chi connectivity index (χ2v) is 9.11. The van der Waals surface area contributed by atoms with E-state index < -0.39 is 17.8 Å². The molecule has 166 valence electrons. The first-order chi connectivity index (χ1) is 15.4. The molecule has 1 aliphatic carbocycles. The van der Waals surface area contributed by atoms with Crippen molar-refractivity contribution in [2.75, 3.05) is 0 Å². The van der Waals surface area contributed by atoms with Gasteiger partial charge < -0.3 is 4.74 Å². The number of nitrogens with one attached hydrogen (secondary N) is 1. The van der Waals surface area contributed by atoms with Crippen LogP contribution in [0.1, 0.15) is 48.8 Å². The lowest BCUT2D eigenvalue weighted by atomic mass is 9.93. The number of carbonyl (C=O) groups excluding carboxylic acids is 3. The molecule has 1 aliphatic heterocycles. The van der Waals surface area contributed by atoms with Gasteiger partial charge in [-0.05, 0) is 65.0 Å². The Morgan fingerprint density at radius 3 is 2.59 bits per heavy atom. The summed E-state index contributed by atoms with van der Waals surface area (Å²) in [6.07, 6.45) is 6.14. The van der Waals surface area contributed by atoms with Crippen LogP contribution in [-0.2, 0) is 16.2 Å². The van der Waals surface area contributed by atoms with Gasteiger partial charge in [0, 0.05) is 6.04 Å². The highest BCUT2D eigenvalue weighted by molar-refractivity contribution is 9.10. The Morgan fingerprint density at radius 2 is 1.88 bits per heavy atom. The summed E-state index contributed by atoms with van der Waals surface area (Å²) in [7, 11) is 0. The van der Waals surface area contributed by atoms with Crippen LogP contribution in [-0.4, -0.2) is 28.8 Å². The van der Waals surface area contributed by atoms with E-state index in [-0.39, 0.29) is 11.6 Å². The molecule has 2 fully saturated rings. The van der Waals surface area contributed by atoms with Crippen LogP contribution in [0.5, 0.6) is 5.75 Å². The zero-order valence-corrected chi connectivity index (χ0v) is 19.5. The van der Waals surface area contributed by atoms with Gasteiger partial charge in [-0.3, -0.25) is 19.8 Å².